The third kappa shape index (κ3) is 4.82. The molecule has 2 aromatic carbocycles. The summed E-state index contributed by atoms with van der Waals surface area (Å²) < 4.78 is 43.2. The van der Waals surface area contributed by atoms with Gasteiger partial charge in [0.05, 0.1) is 12.0 Å². The van der Waals surface area contributed by atoms with Crippen LogP contribution in [-0.4, -0.2) is 25.0 Å². The van der Waals surface area contributed by atoms with Crippen molar-refractivity contribution in [3.63, 3.8) is 0 Å². The van der Waals surface area contributed by atoms with Crippen LogP contribution in [0.15, 0.2) is 34.8 Å². The Hall–Kier alpha value is -2.48. The van der Waals surface area contributed by atoms with E-state index in [1.54, 1.807) is 12.1 Å². The SMILES string of the molecule is O=C(CCC(=O)c1ccc(F)cc1F)OCc1cc2c(cc1Br)OCCO2. The molecule has 142 valence electrons. The molecule has 8 heteroatoms. The summed E-state index contributed by atoms with van der Waals surface area (Å²) in [7, 11) is 0. The van der Waals surface area contributed by atoms with Crippen molar-refractivity contribution in [2.75, 3.05) is 13.2 Å². The number of ether oxygens (including phenoxy) is 3. The van der Waals surface area contributed by atoms with Gasteiger partial charge in [0, 0.05) is 22.5 Å². The molecule has 0 saturated carbocycles. The van der Waals surface area contributed by atoms with Gasteiger partial charge in [-0.2, -0.15) is 0 Å². The minimum atomic E-state index is -0.950. The van der Waals surface area contributed by atoms with E-state index < -0.39 is 23.4 Å². The molecule has 3 rings (SSSR count). The van der Waals surface area contributed by atoms with E-state index in [0.29, 0.717) is 40.8 Å². The van der Waals surface area contributed by atoms with Crippen molar-refractivity contribution < 1.29 is 32.6 Å². The van der Waals surface area contributed by atoms with Crippen LogP contribution in [0, 0.1) is 11.6 Å². The van der Waals surface area contributed by atoms with Crippen LogP contribution in [0.2, 0.25) is 0 Å². The number of carbonyl (C=O) groups excluding carboxylic acids is 2. The van der Waals surface area contributed by atoms with Gasteiger partial charge in [0.2, 0.25) is 0 Å². The molecule has 2 aromatic rings. The minimum Gasteiger partial charge on any atom is -0.486 e. The van der Waals surface area contributed by atoms with Gasteiger partial charge in [-0.05, 0) is 24.3 Å². The van der Waals surface area contributed by atoms with Gasteiger partial charge in [0.25, 0.3) is 0 Å². The molecule has 0 radical (unpaired) electrons. The molecule has 0 aromatic heterocycles. The lowest BCUT2D eigenvalue weighted by atomic mass is 10.1. The summed E-state index contributed by atoms with van der Waals surface area (Å²) in [5.41, 5.74) is 0.433. The Balaban J connectivity index is 1.53. The summed E-state index contributed by atoms with van der Waals surface area (Å²) in [5.74, 6) is -1.74. The first-order valence-corrected chi connectivity index (χ1v) is 8.95. The summed E-state index contributed by atoms with van der Waals surface area (Å²) in [4.78, 5) is 23.9. The van der Waals surface area contributed by atoms with E-state index in [0.717, 1.165) is 12.1 Å². The average Bonchev–Trinajstić information content (AvgIpc) is 2.64. The molecule has 1 aliphatic rings. The molecule has 0 saturated heterocycles. The van der Waals surface area contributed by atoms with Crippen molar-refractivity contribution in [1.82, 2.24) is 0 Å². The van der Waals surface area contributed by atoms with Crippen LogP contribution in [0.5, 0.6) is 11.5 Å². The number of fused-ring (bicyclic) bond motifs is 1. The second kappa shape index (κ2) is 8.47. The maximum atomic E-state index is 13.6. The molecule has 0 N–H and O–H groups in total. The van der Waals surface area contributed by atoms with Gasteiger partial charge >= 0.3 is 5.97 Å². The Morgan fingerprint density at radius 2 is 1.74 bits per heavy atom. The largest absolute Gasteiger partial charge is 0.486 e. The van der Waals surface area contributed by atoms with Crippen molar-refractivity contribution in [2.45, 2.75) is 19.4 Å². The van der Waals surface area contributed by atoms with Crippen molar-refractivity contribution in [3.05, 3.63) is 57.6 Å². The first kappa shape index (κ1) is 19.3. The molecular formula is C19H15BrF2O5. The fourth-order valence-electron chi connectivity index (χ4n) is 2.51. The van der Waals surface area contributed by atoms with Crippen molar-refractivity contribution >= 4 is 27.7 Å². The van der Waals surface area contributed by atoms with Crippen LogP contribution >= 0.6 is 15.9 Å². The van der Waals surface area contributed by atoms with E-state index in [4.69, 9.17) is 14.2 Å². The second-order valence-corrected chi connectivity index (χ2v) is 6.65. The summed E-state index contributed by atoms with van der Waals surface area (Å²) >= 11 is 3.38. The first-order valence-electron chi connectivity index (χ1n) is 8.16. The summed E-state index contributed by atoms with van der Waals surface area (Å²) in [6.45, 7) is 0.890. The van der Waals surface area contributed by atoms with Gasteiger partial charge in [0.15, 0.2) is 17.3 Å². The van der Waals surface area contributed by atoms with E-state index in [1.807, 2.05) is 0 Å². The zero-order chi connectivity index (χ0) is 19.4. The second-order valence-electron chi connectivity index (χ2n) is 5.80. The van der Waals surface area contributed by atoms with E-state index in [-0.39, 0.29) is 25.0 Å². The Bertz CT molecular complexity index is 885. The number of esters is 1. The van der Waals surface area contributed by atoms with E-state index >= 15 is 0 Å². The highest BCUT2D eigenvalue weighted by molar-refractivity contribution is 9.10. The lowest BCUT2D eigenvalue weighted by Crippen LogP contribution is -2.16. The monoisotopic (exact) mass is 440 g/mol. The number of hydrogen-bond acceptors (Lipinski definition) is 5. The lowest BCUT2D eigenvalue weighted by molar-refractivity contribution is -0.144. The van der Waals surface area contributed by atoms with Gasteiger partial charge in [-0.15, -0.1) is 0 Å². The quantitative estimate of drug-likeness (QED) is 0.497. The third-order valence-corrected chi connectivity index (χ3v) is 4.63. The molecule has 0 bridgehead atoms. The summed E-state index contributed by atoms with van der Waals surface area (Å²) in [5, 5.41) is 0. The Morgan fingerprint density at radius 3 is 2.44 bits per heavy atom. The van der Waals surface area contributed by atoms with Gasteiger partial charge in [-0.3, -0.25) is 9.59 Å². The molecule has 1 aliphatic heterocycles. The third-order valence-electron chi connectivity index (χ3n) is 3.89. The number of Topliss-reactive ketones (excluding diaryl/α,β-unsaturated/α-hetero) is 1. The number of carbonyl (C=O) groups is 2. The fourth-order valence-corrected chi connectivity index (χ4v) is 2.95. The molecule has 5 nitrogen and oxygen atoms in total. The van der Waals surface area contributed by atoms with Gasteiger partial charge in [-0.1, -0.05) is 15.9 Å². The summed E-state index contributed by atoms with van der Waals surface area (Å²) in [6, 6.07) is 6.13. The highest BCUT2D eigenvalue weighted by Crippen LogP contribution is 2.35. The maximum Gasteiger partial charge on any atom is 0.306 e. The zero-order valence-corrected chi connectivity index (χ0v) is 15.7. The highest BCUT2D eigenvalue weighted by Gasteiger charge is 2.17. The fraction of sp³-hybridized carbons (Fsp3) is 0.263. The molecule has 0 fully saturated rings. The molecule has 1 heterocycles. The lowest BCUT2D eigenvalue weighted by Gasteiger charge is -2.19. The normalized spacial score (nSPS) is 12.6. The number of ketones is 1. The first-order chi connectivity index (χ1) is 12.9. The molecule has 0 atom stereocenters. The topological polar surface area (TPSA) is 61.8 Å². The standard InChI is InChI=1S/C19H15BrF2O5/c20-14-9-18-17(25-5-6-26-18)7-11(14)10-27-19(24)4-3-16(23)13-2-1-12(21)8-15(13)22/h1-2,7-9H,3-6,10H2. The Labute approximate surface area is 162 Å². The van der Waals surface area contributed by atoms with Crippen molar-refractivity contribution in [3.8, 4) is 11.5 Å². The van der Waals surface area contributed by atoms with Crippen LogP contribution in [0.1, 0.15) is 28.8 Å². The van der Waals surface area contributed by atoms with E-state index in [1.165, 1.54) is 0 Å². The maximum absolute atomic E-state index is 13.6. The summed E-state index contributed by atoms with van der Waals surface area (Å²) in [6.07, 6.45) is -0.443. The van der Waals surface area contributed by atoms with Crippen LogP contribution in [-0.2, 0) is 16.1 Å². The smallest absolute Gasteiger partial charge is 0.306 e. The Kier molecular flexibility index (Phi) is 6.05. The van der Waals surface area contributed by atoms with Crippen LogP contribution in [0.3, 0.4) is 0 Å². The van der Waals surface area contributed by atoms with Gasteiger partial charge in [0.1, 0.15) is 31.5 Å². The van der Waals surface area contributed by atoms with E-state index in [2.05, 4.69) is 15.9 Å². The predicted octanol–water partition coefficient (Wildman–Crippen LogP) is 4.20. The number of rotatable bonds is 6. The zero-order valence-electron chi connectivity index (χ0n) is 14.1. The van der Waals surface area contributed by atoms with Crippen LogP contribution in [0.4, 0.5) is 8.78 Å². The highest BCUT2D eigenvalue weighted by atomic mass is 79.9. The molecular weight excluding hydrogens is 426 g/mol. The molecule has 0 aliphatic carbocycles. The number of benzene rings is 2. The van der Waals surface area contributed by atoms with Crippen LogP contribution in [0.25, 0.3) is 0 Å². The number of halogens is 3. The number of hydrogen-bond donors (Lipinski definition) is 0. The molecule has 0 amide bonds. The molecule has 0 spiro atoms. The van der Waals surface area contributed by atoms with Gasteiger partial charge in [-0.25, -0.2) is 8.78 Å². The van der Waals surface area contributed by atoms with Crippen LogP contribution < -0.4 is 9.47 Å². The minimum absolute atomic E-state index is 0.0187. The van der Waals surface area contributed by atoms with Crippen molar-refractivity contribution in [2.24, 2.45) is 0 Å². The average molecular weight is 441 g/mol. The molecule has 27 heavy (non-hydrogen) atoms. The van der Waals surface area contributed by atoms with E-state index in [9.17, 15) is 18.4 Å². The predicted molar refractivity (Wildman–Crippen MR) is 94.9 cm³/mol. The molecule has 0 unspecified atom stereocenters. The Morgan fingerprint density at radius 1 is 1.04 bits per heavy atom. The van der Waals surface area contributed by atoms with Gasteiger partial charge < -0.3 is 14.2 Å². The van der Waals surface area contributed by atoms with Crippen molar-refractivity contribution in [1.29, 1.82) is 0 Å².